The lowest BCUT2D eigenvalue weighted by atomic mass is 9.96. The van der Waals surface area contributed by atoms with E-state index in [1.807, 2.05) is 42.5 Å². The normalized spacial score (nSPS) is 17.9. The minimum atomic E-state index is -0.0158. The first-order valence-corrected chi connectivity index (χ1v) is 10.2. The van der Waals surface area contributed by atoms with Gasteiger partial charge in [-0.15, -0.1) is 0 Å². The van der Waals surface area contributed by atoms with E-state index < -0.39 is 0 Å². The molecule has 1 unspecified atom stereocenters. The van der Waals surface area contributed by atoms with Crippen LogP contribution < -0.4 is 0 Å². The first kappa shape index (κ1) is 19.3. The molecule has 1 aliphatic rings. The molecule has 4 heteroatoms. The Kier molecular flexibility index (Phi) is 6.01. The van der Waals surface area contributed by atoms with E-state index in [9.17, 15) is 4.79 Å². The summed E-state index contributed by atoms with van der Waals surface area (Å²) in [4.78, 5) is 21.3. The number of benzene rings is 2. The van der Waals surface area contributed by atoms with E-state index in [1.165, 1.54) is 16.7 Å². The van der Waals surface area contributed by atoms with Gasteiger partial charge in [-0.25, -0.2) is 0 Å². The number of carbonyl (C=O) groups excluding carboxylic acids is 1. The Morgan fingerprint density at radius 1 is 0.862 bits per heavy atom. The summed E-state index contributed by atoms with van der Waals surface area (Å²) < 4.78 is 0. The summed E-state index contributed by atoms with van der Waals surface area (Å²) in [5.74, 6) is 0.233. The highest BCUT2D eigenvalue weighted by molar-refractivity contribution is 5.79. The number of amides is 1. The van der Waals surface area contributed by atoms with Gasteiger partial charge in [0, 0.05) is 45.6 Å². The molecule has 1 amide bonds. The standard InChI is InChI=1S/C25H27N3O/c1-27-15-16-28(18-21-5-3-2-4-6-21)19-24(25(27)29)17-20-7-9-22(10-8-20)23-11-13-26-14-12-23/h2-14,24H,15-19H2,1H3. The van der Waals surface area contributed by atoms with Crippen molar-refractivity contribution in [1.82, 2.24) is 14.8 Å². The lowest BCUT2D eigenvalue weighted by Crippen LogP contribution is -2.34. The number of pyridine rings is 1. The predicted octanol–water partition coefficient (Wildman–Crippen LogP) is 3.88. The molecular weight excluding hydrogens is 358 g/mol. The Hall–Kier alpha value is -2.98. The molecule has 0 saturated carbocycles. The molecule has 2 heterocycles. The Morgan fingerprint density at radius 3 is 2.28 bits per heavy atom. The van der Waals surface area contributed by atoms with Crippen molar-refractivity contribution < 1.29 is 4.79 Å². The number of carbonyl (C=O) groups is 1. The van der Waals surface area contributed by atoms with Crippen LogP contribution in [-0.2, 0) is 17.8 Å². The summed E-state index contributed by atoms with van der Waals surface area (Å²) >= 11 is 0. The number of rotatable bonds is 5. The van der Waals surface area contributed by atoms with Crippen LogP contribution in [0.5, 0.6) is 0 Å². The number of hydrogen-bond acceptors (Lipinski definition) is 3. The summed E-state index contributed by atoms with van der Waals surface area (Å²) in [6.07, 6.45) is 4.39. The van der Waals surface area contributed by atoms with Gasteiger partial charge in [-0.3, -0.25) is 14.7 Å². The molecule has 1 fully saturated rings. The van der Waals surface area contributed by atoms with Crippen LogP contribution in [0.15, 0.2) is 79.1 Å². The third-order valence-corrected chi connectivity index (χ3v) is 5.65. The molecule has 4 rings (SSSR count). The zero-order valence-corrected chi connectivity index (χ0v) is 16.9. The first-order valence-electron chi connectivity index (χ1n) is 10.2. The van der Waals surface area contributed by atoms with Crippen LogP contribution in [0, 0.1) is 5.92 Å². The van der Waals surface area contributed by atoms with E-state index in [4.69, 9.17) is 0 Å². The summed E-state index contributed by atoms with van der Waals surface area (Å²) in [5, 5.41) is 0. The number of hydrogen-bond donors (Lipinski definition) is 0. The van der Waals surface area contributed by atoms with Crippen molar-refractivity contribution in [1.29, 1.82) is 0 Å². The van der Waals surface area contributed by atoms with Gasteiger partial charge in [0.2, 0.25) is 5.91 Å². The average Bonchev–Trinajstić information content (AvgIpc) is 2.90. The van der Waals surface area contributed by atoms with Crippen LogP contribution in [0.3, 0.4) is 0 Å². The maximum absolute atomic E-state index is 12.9. The van der Waals surface area contributed by atoms with Crippen LogP contribution in [0.2, 0.25) is 0 Å². The van der Waals surface area contributed by atoms with Gasteiger partial charge >= 0.3 is 0 Å². The van der Waals surface area contributed by atoms with Gasteiger partial charge in [0.25, 0.3) is 0 Å². The predicted molar refractivity (Wildman–Crippen MR) is 116 cm³/mol. The van der Waals surface area contributed by atoms with Crippen LogP contribution in [0.4, 0.5) is 0 Å². The zero-order chi connectivity index (χ0) is 20.1. The largest absolute Gasteiger partial charge is 0.344 e. The topological polar surface area (TPSA) is 36.4 Å². The van der Waals surface area contributed by atoms with Gasteiger partial charge < -0.3 is 4.90 Å². The lowest BCUT2D eigenvalue weighted by Gasteiger charge is -2.23. The molecule has 1 atom stereocenters. The molecule has 2 aromatic carbocycles. The molecule has 1 saturated heterocycles. The highest BCUT2D eigenvalue weighted by Crippen LogP contribution is 2.22. The second kappa shape index (κ2) is 9.01. The van der Waals surface area contributed by atoms with Crippen molar-refractivity contribution >= 4 is 5.91 Å². The molecule has 0 aliphatic carbocycles. The fraction of sp³-hybridized carbons (Fsp3) is 0.280. The third-order valence-electron chi connectivity index (χ3n) is 5.65. The first-order chi connectivity index (χ1) is 14.2. The number of nitrogens with zero attached hydrogens (tertiary/aromatic N) is 3. The Bertz CT molecular complexity index is 925. The van der Waals surface area contributed by atoms with Crippen molar-refractivity contribution in [3.05, 3.63) is 90.3 Å². The van der Waals surface area contributed by atoms with E-state index in [1.54, 1.807) is 0 Å². The molecule has 0 spiro atoms. The second-order valence-electron chi connectivity index (χ2n) is 7.81. The zero-order valence-electron chi connectivity index (χ0n) is 16.9. The SMILES string of the molecule is CN1CCN(Cc2ccccc2)CC(Cc2ccc(-c3ccncc3)cc2)C1=O. The Labute approximate surface area is 172 Å². The van der Waals surface area contributed by atoms with Gasteiger partial charge in [-0.2, -0.15) is 0 Å². The monoisotopic (exact) mass is 385 g/mol. The maximum Gasteiger partial charge on any atom is 0.227 e. The maximum atomic E-state index is 12.9. The van der Waals surface area contributed by atoms with E-state index in [0.717, 1.165) is 38.2 Å². The molecule has 29 heavy (non-hydrogen) atoms. The van der Waals surface area contributed by atoms with E-state index in [-0.39, 0.29) is 11.8 Å². The summed E-state index contributed by atoms with van der Waals surface area (Å²) in [6.45, 7) is 3.38. The molecular formula is C25H27N3O. The summed E-state index contributed by atoms with van der Waals surface area (Å²) in [5.41, 5.74) is 4.83. The molecule has 0 radical (unpaired) electrons. The average molecular weight is 386 g/mol. The van der Waals surface area contributed by atoms with Crippen molar-refractivity contribution in [3.63, 3.8) is 0 Å². The van der Waals surface area contributed by atoms with Gasteiger partial charge in [-0.05, 0) is 40.8 Å². The molecule has 0 bridgehead atoms. The molecule has 0 N–H and O–H groups in total. The molecule has 4 nitrogen and oxygen atoms in total. The molecule has 1 aromatic heterocycles. The fourth-order valence-corrected chi connectivity index (χ4v) is 3.99. The van der Waals surface area contributed by atoms with Crippen molar-refractivity contribution in [2.75, 3.05) is 26.7 Å². The molecule has 1 aliphatic heterocycles. The van der Waals surface area contributed by atoms with E-state index in [0.29, 0.717) is 0 Å². The Balaban J connectivity index is 1.47. The highest BCUT2D eigenvalue weighted by atomic mass is 16.2. The minimum Gasteiger partial charge on any atom is -0.344 e. The summed E-state index contributed by atoms with van der Waals surface area (Å²) in [7, 11) is 1.92. The third kappa shape index (κ3) is 4.90. The highest BCUT2D eigenvalue weighted by Gasteiger charge is 2.28. The molecule has 3 aromatic rings. The minimum absolute atomic E-state index is 0.0158. The van der Waals surface area contributed by atoms with Gasteiger partial charge in [0.1, 0.15) is 0 Å². The van der Waals surface area contributed by atoms with Gasteiger partial charge in [-0.1, -0.05) is 54.6 Å². The quantitative estimate of drug-likeness (QED) is 0.669. The van der Waals surface area contributed by atoms with Crippen molar-refractivity contribution in [3.8, 4) is 11.1 Å². The second-order valence-corrected chi connectivity index (χ2v) is 7.81. The van der Waals surface area contributed by atoms with Crippen LogP contribution in [0.1, 0.15) is 11.1 Å². The Morgan fingerprint density at radius 2 is 1.55 bits per heavy atom. The summed E-state index contributed by atoms with van der Waals surface area (Å²) in [6, 6.07) is 23.1. The lowest BCUT2D eigenvalue weighted by molar-refractivity contribution is -0.133. The van der Waals surface area contributed by atoms with Crippen molar-refractivity contribution in [2.45, 2.75) is 13.0 Å². The van der Waals surface area contributed by atoms with Gasteiger partial charge in [0.15, 0.2) is 0 Å². The van der Waals surface area contributed by atoms with E-state index in [2.05, 4.69) is 58.4 Å². The van der Waals surface area contributed by atoms with Crippen LogP contribution in [-0.4, -0.2) is 47.4 Å². The van der Waals surface area contributed by atoms with Crippen LogP contribution in [0.25, 0.3) is 11.1 Å². The van der Waals surface area contributed by atoms with Crippen LogP contribution >= 0.6 is 0 Å². The number of aromatic nitrogens is 1. The van der Waals surface area contributed by atoms with Crippen molar-refractivity contribution in [2.24, 2.45) is 5.92 Å². The van der Waals surface area contributed by atoms with E-state index >= 15 is 0 Å². The fourth-order valence-electron chi connectivity index (χ4n) is 3.99. The number of likely N-dealkylation sites (N-methyl/N-ethyl adjacent to an activating group) is 1. The van der Waals surface area contributed by atoms with Gasteiger partial charge in [0.05, 0.1) is 5.92 Å². The molecule has 148 valence electrons. The smallest absolute Gasteiger partial charge is 0.227 e.